The maximum Gasteiger partial charge on any atom is 0.318 e. The molecule has 0 saturated carbocycles. The molecule has 2 N–H and O–H groups in total. The summed E-state index contributed by atoms with van der Waals surface area (Å²) in [5, 5.41) is 19.8. The topological polar surface area (TPSA) is 74.4 Å². The van der Waals surface area contributed by atoms with Gasteiger partial charge in [-0.3, -0.25) is 0 Å². The van der Waals surface area contributed by atoms with Gasteiger partial charge in [0, 0.05) is 7.05 Å². The van der Waals surface area contributed by atoms with Crippen molar-refractivity contribution in [1.82, 2.24) is 15.5 Å². The molecule has 0 radical (unpaired) electrons. The van der Waals surface area contributed by atoms with Gasteiger partial charge < -0.3 is 19.7 Å². The Balaban J connectivity index is 2.75. The Labute approximate surface area is 89.3 Å². The van der Waals surface area contributed by atoms with Crippen LogP contribution in [0.15, 0.2) is 4.42 Å². The van der Waals surface area contributed by atoms with E-state index in [9.17, 15) is 0 Å². The number of aliphatic hydroxyl groups excluding tert-OH is 1. The molecule has 2 unspecified atom stereocenters. The van der Waals surface area contributed by atoms with E-state index >= 15 is 0 Å². The zero-order valence-electron chi connectivity index (χ0n) is 9.56. The molecule has 86 valence electrons. The lowest BCUT2D eigenvalue weighted by Crippen LogP contribution is -2.32. The van der Waals surface area contributed by atoms with Crippen LogP contribution in [0.2, 0.25) is 0 Å². The average Bonchev–Trinajstić information content (AvgIpc) is 2.75. The van der Waals surface area contributed by atoms with Crippen molar-refractivity contribution < 1.29 is 9.52 Å². The van der Waals surface area contributed by atoms with Gasteiger partial charge in [-0.15, -0.1) is 5.10 Å². The number of hydrogen-bond donors (Lipinski definition) is 2. The van der Waals surface area contributed by atoms with Crippen LogP contribution in [0.3, 0.4) is 0 Å². The molecule has 0 aliphatic rings. The molecular weight excluding hydrogens is 196 g/mol. The van der Waals surface area contributed by atoms with Crippen molar-refractivity contribution >= 4 is 6.01 Å². The predicted molar refractivity (Wildman–Crippen MR) is 56.7 cm³/mol. The Morgan fingerprint density at radius 2 is 2.13 bits per heavy atom. The third kappa shape index (κ3) is 2.66. The van der Waals surface area contributed by atoms with Gasteiger partial charge in [0.15, 0.2) is 0 Å². The maximum atomic E-state index is 8.98. The maximum absolute atomic E-state index is 8.98. The van der Waals surface area contributed by atoms with E-state index in [-0.39, 0.29) is 18.7 Å². The summed E-state index contributed by atoms with van der Waals surface area (Å²) in [5.74, 6) is 0.546. The summed E-state index contributed by atoms with van der Waals surface area (Å²) in [5.41, 5.74) is 0. The molecule has 0 spiro atoms. The van der Waals surface area contributed by atoms with Gasteiger partial charge >= 0.3 is 6.01 Å². The Kier molecular flexibility index (Phi) is 4.05. The minimum absolute atomic E-state index is 0.0316. The van der Waals surface area contributed by atoms with Crippen LogP contribution >= 0.6 is 0 Å². The second-order valence-corrected chi connectivity index (χ2v) is 3.58. The van der Waals surface area contributed by atoms with Gasteiger partial charge in [0.05, 0.1) is 18.7 Å². The quantitative estimate of drug-likeness (QED) is 0.727. The first-order valence-corrected chi connectivity index (χ1v) is 4.94. The number of anilines is 1. The van der Waals surface area contributed by atoms with E-state index in [0.29, 0.717) is 11.9 Å². The summed E-state index contributed by atoms with van der Waals surface area (Å²) in [4.78, 5) is 1.75. The van der Waals surface area contributed by atoms with Gasteiger partial charge in [0.2, 0.25) is 5.89 Å². The molecule has 0 amide bonds. The van der Waals surface area contributed by atoms with Crippen molar-refractivity contribution in [2.45, 2.75) is 25.9 Å². The normalized spacial score (nSPS) is 15.0. The fourth-order valence-corrected chi connectivity index (χ4v) is 0.978. The summed E-state index contributed by atoms with van der Waals surface area (Å²) in [7, 11) is 3.64. The zero-order valence-corrected chi connectivity index (χ0v) is 9.56. The Morgan fingerprint density at radius 1 is 1.47 bits per heavy atom. The second kappa shape index (κ2) is 5.09. The van der Waals surface area contributed by atoms with E-state index in [1.54, 1.807) is 4.90 Å². The van der Waals surface area contributed by atoms with E-state index in [0.717, 1.165) is 0 Å². The molecule has 6 heteroatoms. The first-order chi connectivity index (χ1) is 7.10. The predicted octanol–water partition coefficient (Wildman–Crippen LogP) is 0.167. The van der Waals surface area contributed by atoms with Crippen LogP contribution in [0.5, 0.6) is 0 Å². The molecule has 2 atom stereocenters. The number of aliphatic hydroxyl groups is 1. The number of aromatic nitrogens is 2. The van der Waals surface area contributed by atoms with Gasteiger partial charge in [-0.1, -0.05) is 5.10 Å². The molecule has 0 aliphatic heterocycles. The molecule has 0 bridgehead atoms. The average molecular weight is 214 g/mol. The third-order valence-corrected chi connectivity index (χ3v) is 2.46. The van der Waals surface area contributed by atoms with Crippen LogP contribution < -0.4 is 10.2 Å². The molecule has 0 fully saturated rings. The highest BCUT2D eigenvalue weighted by molar-refractivity contribution is 5.24. The SMILES string of the molecule is CNC(C)c1nnc(N(C)C(C)CO)o1. The monoisotopic (exact) mass is 214 g/mol. The molecule has 0 aliphatic carbocycles. The smallest absolute Gasteiger partial charge is 0.318 e. The number of hydrogen-bond acceptors (Lipinski definition) is 6. The van der Waals surface area contributed by atoms with Crippen LogP contribution in [0.4, 0.5) is 6.01 Å². The fourth-order valence-electron chi connectivity index (χ4n) is 0.978. The minimum Gasteiger partial charge on any atom is -0.406 e. The fraction of sp³-hybridized carbons (Fsp3) is 0.778. The molecule has 0 saturated heterocycles. The minimum atomic E-state index is -0.0387. The highest BCUT2D eigenvalue weighted by atomic mass is 16.4. The Hall–Kier alpha value is -1.14. The van der Waals surface area contributed by atoms with Crippen molar-refractivity contribution in [3.05, 3.63) is 5.89 Å². The van der Waals surface area contributed by atoms with Crippen LogP contribution in [0.1, 0.15) is 25.8 Å². The van der Waals surface area contributed by atoms with Gasteiger partial charge in [-0.2, -0.15) is 0 Å². The third-order valence-electron chi connectivity index (χ3n) is 2.46. The van der Waals surface area contributed by atoms with Gasteiger partial charge in [-0.05, 0) is 20.9 Å². The summed E-state index contributed by atoms with van der Waals surface area (Å²) in [6.45, 7) is 3.87. The van der Waals surface area contributed by atoms with Crippen molar-refractivity contribution in [3.8, 4) is 0 Å². The summed E-state index contributed by atoms with van der Waals surface area (Å²) in [6, 6.07) is 0.418. The van der Waals surface area contributed by atoms with Crippen molar-refractivity contribution in [2.24, 2.45) is 0 Å². The largest absolute Gasteiger partial charge is 0.406 e. The summed E-state index contributed by atoms with van der Waals surface area (Å²) >= 11 is 0. The lowest BCUT2D eigenvalue weighted by Gasteiger charge is -2.20. The van der Waals surface area contributed by atoms with Crippen molar-refractivity contribution in [3.63, 3.8) is 0 Å². The van der Waals surface area contributed by atoms with Crippen molar-refractivity contribution in [2.75, 3.05) is 25.6 Å². The highest BCUT2D eigenvalue weighted by Crippen LogP contribution is 2.17. The van der Waals surface area contributed by atoms with E-state index in [2.05, 4.69) is 15.5 Å². The highest BCUT2D eigenvalue weighted by Gasteiger charge is 2.17. The number of rotatable bonds is 5. The molecule has 6 nitrogen and oxygen atoms in total. The lowest BCUT2D eigenvalue weighted by molar-refractivity contribution is 0.265. The van der Waals surface area contributed by atoms with Crippen LogP contribution in [-0.2, 0) is 0 Å². The standard InChI is InChI=1S/C9H18N4O2/c1-6(5-14)13(4)9-12-11-8(15-9)7(2)10-3/h6-7,10,14H,5H2,1-4H3. The van der Waals surface area contributed by atoms with Gasteiger partial charge in [-0.25, -0.2) is 0 Å². The van der Waals surface area contributed by atoms with Gasteiger partial charge in [0.25, 0.3) is 0 Å². The molecule has 0 aromatic carbocycles. The van der Waals surface area contributed by atoms with Gasteiger partial charge in [0.1, 0.15) is 0 Å². The number of nitrogens with one attached hydrogen (secondary N) is 1. The Morgan fingerprint density at radius 3 is 2.67 bits per heavy atom. The Bertz CT molecular complexity index is 302. The van der Waals surface area contributed by atoms with E-state index in [1.165, 1.54) is 0 Å². The second-order valence-electron chi connectivity index (χ2n) is 3.58. The molecule has 1 rings (SSSR count). The zero-order chi connectivity index (χ0) is 11.4. The van der Waals surface area contributed by atoms with Crippen LogP contribution in [-0.4, -0.2) is 42.0 Å². The lowest BCUT2D eigenvalue weighted by atomic mass is 10.3. The molecule has 1 aromatic heterocycles. The molecule has 1 aromatic rings. The number of likely N-dealkylation sites (N-methyl/N-ethyl adjacent to an activating group) is 1. The van der Waals surface area contributed by atoms with Crippen LogP contribution in [0, 0.1) is 0 Å². The molecule has 1 heterocycles. The first-order valence-electron chi connectivity index (χ1n) is 4.94. The van der Waals surface area contributed by atoms with Crippen molar-refractivity contribution in [1.29, 1.82) is 0 Å². The number of nitrogens with zero attached hydrogens (tertiary/aromatic N) is 3. The summed E-state index contributed by atoms with van der Waals surface area (Å²) in [6.07, 6.45) is 0. The van der Waals surface area contributed by atoms with E-state index < -0.39 is 0 Å². The van der Waals surface area contributed by atoms with E-state index in [1.807, 2.05) is 27.9 Å². The van der Waals surface area contributed by atoms with Crippen LogP contribution in [0.25, 0.3) is 0 Å². The summed E-state index contributed by atoms with van der Waals surface area (Å²) < 4.78 is 5.45. The molecular formula is C9H18N4O2. The first kappa shape index (κ1) is 11.9. The molecule has 15 heavy (non-hydrogen) atoms. The van der Waals surface area contributed by atoms with E-state index in [4.69, 9.17) is 9.52 Å².